The van der Waals surface area contributed by atoms with E-state index in [9.17, 15) is 18.7 Å². The minimum absolute atomic E-state index is 0. The van der Waals surface area contributed by atoms with E-state index in [0.29, 0.717) is 18.0 Å². The lowest BCUT2D eigenvalue weighted by molar-refractivity contribution is 0.0681. The lowest BCUT2D eigenvalue weighted by atomic mass is 9.99. The Bertz CT molecular complexity index is 1300. The van der Waals surface area contributed by atoms with Gasteiger partial charge in [0.15, 0.2) is 0 Å². The standard InChI is InChI=1S/C29H34ClF2N5O2.CH4.ClH/c1-2-11-34-13-15-35(16-14-34)22-8-5-20(6-9-22)24-10-7-21(30)17-26(24)36-12-3-4-23(19-36)37-27(28(31)32)25(18-33-37)29(38)39;;/h5-10,17-18,23,28H,2-4,11-16,19H2,1H3,(H,38,39);1H4;1H. The number of nitrogens with zero attached hydrogens (tertiary/aromatic N) is 5. The maximum absolute atomic E-state index is 13.9. The normalized spacial score (nSPS) is 17.7. The number of carbonyl (C=O) groups is 1. The quantitative estimate of drug-likeness (QED) is 0.290. The first-order valence-corrected chi connectivity index (χ1v) is 13.9. The molecule has 0 aliphatic carbocycles. The van der Waals surface area contributed by atoms with Crippen molar-refractivity contribution in [1.29, 1.82) is 0 Å². The summed E-state index contributed by atoms with van der Waals surface area (Å²) < 4.78 is 28.9. The molecule has 1 aromatic heterocycles. The van der Waals surface area contributed by atoms with Gasteiger partial charge in [-0.15, -0.1) is 12.4 Å². The number of aromatic nitrogens is 2. The average Bonchev–Trinajstić information content (AvgIpc) is 3.40. The molecule has 2 aliphatic heterocycles. The van der Waals surface area contributed by atoms with Crippen LogP contribution in [0.2, 0.25) is 5.02 Å². The topological polar surface area (TPSA) is 64.8 Å². The van der Waals surface area contributed by atoms with E-state index >= 15 is 0 Å². The molecule has 1 atom stereocenters. The van der Waals surface area contributed by atoms with Crippen molar-refractivity contribution < 1.29 is 18.7 Å². The van der Waals surface area contributed by atoms with Crippen molar-refractivity contribution in [3.63, 3.8) is 0 Å². The molecule has 1 N–H and O–H groups in total. The largest absolute Gasteiger partial charge is 0.478 e. The minimum atomic E-state index is -2.93. The lowest BCUT2D eigenvalue weighted by Gasteiger charge is -2.37. The van der Waals surface area contributed by atoms with Gasteiger partial charge in [0.25, 0.3) is 6.43 Å². The van der Waals surface area contributed by atoms with Crippen LogP contribution in [0.1, 0.15) is 62.1 Å². The summed E-state index contributed by atoms with van der Waals surface area (Å²) in [6, 6.07) is 14.0. The smallest absolute Gasteiger partial charge is 0.339 e. The minimum Gasteiger partial charge on any atom is -0.478 e. The molecule has 3 heterocycles. The first-order chi connectivity index (χ1) is 18.9. The number of hydrogen-bond acceptors (Lipinski definition) is 5. The molecular weight excluding hydrogens is 571 g/mol. The van der Waals surface area contributed by atoms with Gasteiger partial charge in [0.2, 0.25) is 0 Å². The molecule has 5 rings (SSSR count). The Morgan fingerprint density at radius 1 is 1.07 bits per heavy atom. The first kappa shape index (κ1) is 32.6. The van der Waals surface area contributed by atoms with Gasteiger partial charge in [-0.1, -0.05) is 44.2 Å². The number of aromatic carboxylic acids is 1. The highest BCUT2D eigenvalue weighted by Gasteiger charge is 2.31. The van der Waals surface area contributed by atoms with Gasteiger partial charge >= 0.3 is 5.97 Å². The summed E-state index contributed by atoms with van der Waals surface area (Å²) in [4.78, 5) is 18.6. The van der Waals surface area contributed by atoms with E-state index in [4.69, 9.17) is 11.6 Å². The highest BCUT2D eigenvalue weighted by molar-refractivity contribution is 6.31. The lowest BCUT2D eigenvalue weighted by Crippen LogP contribution is -2.46. The number of piperidine rings is 1. The Kier molecular flexibility index (Phi) is 11.4. The fourth-order valence-corrected chi connectivity index (χ4v) is 5.99. The molecule has 0 bridgehead atoms. The molecule has 41 heavy (non-hydrogen) atoms. The molecule has 11 heteroatoms. The predicted octanol–water partition coefficient (Wildman–Crippen LogP) is 7.27. The fraction of sp³-hybridized carbons (Fsp3) is 0.467. The van der Waals surface area contributed by atoms with E-state index < -0.39 is 23.7 Å². The van der Waals surface area contributed by atoms with Crippen LogP contribution in [0.4, 0.5) is 20.2 Å². The van der Waals surface area contributed by atoms with Crippen molar-refractivity contribution in [3.05, 3.63) is 64.9 Å². The Morgan fingerprint density at radius 3 is 2.41 bits per heavy atom. The molecule has 0 radical (unpaired) electrons. The molecule has 2 aliphatic rings. The van der Waals surface area contributed by atoms with Crippen molar-refractivity contribution in [1.82, 2.24) is 14.7 Å². The number of carboxylic acid groups (broad SMARTS) is 1. The van der Waals surface area contributed by atoms with Gasteiger partial charge in [0, 0.05) is 61.2 Å². The molecule has 2 aromatic carbocycles. The number of benzene rings is 2. The van der Waals surface area contributed by atoms with Crippen LogP contribution in [0, 0.1) is 0 Å². The van der Waals surface area contributed by atoms with E-state index in [1.807, 2.05) is 18.2 Å². The summed E-state index contributed by atoms with van der Waals surface area (Å²) in [6.45, 7) is 8.70. The van der Waals surface area contributed by atoms with Gasteiger partial charge in [-0.2, -0.15) is 5.10 Å². The SMILES string of the molecule is C.CCCN1CCN(c2ccc(-c3ccc(Cl)cc3N3CCCC(n4ncc(C(=O)O)c4C(F)F)C3)cc2)CC1.Cl. The zero-order valence-corrected chi connectivity index (χ0v) is 24.1. The summed E-state index contributed by atoms with van der Waals surface area (Å²) in [5.74, 6) is -1.40. The van der Waals surface area contributed by atoms with Crippen LogP contribution in [0.15, 0.2) is 48.7 Å². The second-order valence-electron chi connectivity index (χ2n) is 10.3. The number of alkyl halides is 2. The molecule has 0 saturated carbocycles. The van der Waals surface area contributed by atoms with Crippen molar-refractivity contribution in [2.75, 3.05) is 55.6 Å². The molecule has 0 amide bonds. The number of anilines is 2. The Hall–Kier alpha value is -2.88. The van der Waals surface area contributed by atoms with E-state index in [0.717, 1.165) is 68.7 Å². The number of hydrogen-bond donors (Lipinski definition) is 1. The molecule has 224 valence electrons. The van der Waals surface area contributed by atoms with Crippen molar-refractivity contribution in [2.45, 2.75) is 46.1 Å². The van der Waals surface area contributed by atoms with Crippen LogP contribution in [-0.2, 0) is 0 Å². The molecule has 7 nitrogen and oxygen atoms in total. The average molecular weight is 611 g/mol. The van der Waals surface area contributed by atoms with Gasteiger partial charge in [0.05, 0.1) is 12.2 Å². The van der Waals surface area contributed by atoms with Crippen LogP contribution >= 0.6 is 24.0 Å². The molecular formula is C30H39Cl2F2N5O2. The van der Waals surface area contributed by atoms with Crippen LogP contribution in [0.25, 0.3) is 11.1 Å². The molecule has 2 fully saturated rings. The molecule has 3 aromatic rings. The number of piperazine rings is 1. The van der Waals surface area contributed by atoms with Crippen LogP contribution in [0.5, 0.6) is 0 Å². The third-order valence-corrected chi connectivity index (χ3v) is 8.00. The Labute approximate surface area is 252 Å². The van der Waals surface area contributed by atoms with Gasteiger partial charge in [-0.25, -0.2) is 13.6 Å². The maximum Gasteiger partial charge on any atom is 0.339 e. The second-order valence-corrected chi connectivity index (χ2v) is 10.7. The second kappa shape index (κ2) is 14.3. The number of rotatable bonds is 8. The monoisotopic (exact) mass is 609 g/mol. The zero-order chi connectivity index (χ0) is 27.5. The summed E-state index contributed by atoms with van der Waals surface area (Å²) in [6.07, 6.45) is 0.661. The van der Waals surface area contributed by atoms with Gasteiger partial charge in [0.1, 0.15) is 11.3 Å². The number of halogens is 4. The highest BCUT2D eigenvalue weighted by atomic mass is 35.5. The number of carboxylic acids is 1. The van der Waals surface area contributed by atoms with Crippen molar-refractivity contribution in [2.24, 2.45) is 0 Å². The van der Waals surface area contributed by atoms with E-state index in [-0.39, 0.29) is 25.9 Å². The molecule has 1 unspecified atom stereocenters. The maximum atomic E-state index is 13.9. The van der Waals surface area contributed by atoms with Crippen molar-refractivity contribution in [3.8, 4) is 11.1 Å². The van der Waals surface area contributed by atoms with Gasteiger partial charge in [-0.3, -0.25) is 9.58 Å². The molecule has 2 saturated heterocycles. The summed E-state index contributed by atoms with van der Waals surface area (Å²) in [7, 11) is 0. The van der Waals surface area contributed by atoms with Crippen LogP contribution in [-0.4, -0.2) is 71.6 Å². The van der Waals surface area contributed by atoms with Crippen LogP contribution in [0.3, 0.4) is 0 Å². The van der Waals surface area contributed by atoms with Gasteiger partial charge < -0.3 is 14.9 Å². The third kappa shape index (κ3) is 7.13. The predicted molar refractivity (Wildman–Crippen MR) is 164 cm³/mol. The summed E-state index contributed by atoms with van der Waals surface area (Å²) in [5.41, 5.74) is 3.22. The van der Waals surface area contributed by atoms with E-state index in [2.05, 4.69) is 51.0 Å². The van der Waals surface area contributed by atoms with Crippen LogP contribution < -0.4 is 9.80 Å². The fourth-order valence-electron chi connectivity index (χ4n) is 5.83. The van der Waals surface area contributed by atoms with E-state index in [1.54, 1.807) is 0 Å². The van der Waals surface area contributed by atoms with Crippen molar-refractivity contribution >= 4 is 41.4 Å². The highest BCUT2D eigenvalue weighted by Crippen LogP contribution is 2.38. The Balaban J connectivity index is 0.00000231. The zero-order valence-electron chi connectivity index (χ0n) is 22.5. The first-order valence-electron chi connectivity index (χ1n) is 13.6. The summed E-state index contributed by atoms with van der Waals surface area (Å²) in [5, 5.41) is 14.0. The molecule has 0 spiro atoms. The van der Waals surface area contributed by atoms with Gasteiger partial charge in [-0.05, 0) is 55.6 Å². The summed E-state index contributed by atoms with van der Waals surface area (Å²) >= 11 is 6.42. The Morgan fingerprint density at radius 2 is 1.78 bits per heavy atom. The van der Waals surface area contributed by atoms with E-state index in [1.165, 1.54) is 16.8 Å². The third-order valence-electron chi connectivity index (χ3n) is 7.77.